The molecule has 1 N–H and O–H groups in total. The summed E-state index contributed by atoms with van der Waals surface area (Å²) in [5.41, 5.74) is 2.56. The van der Waals surface area contributed by atoms with Crippen LogP contribution in [0.3, 0.4) is 0 Å². The van der Waals surface area contributed by atoms with Gasteiger partial charge in [-0.25, -0.2) is 15.0 Å². The van der Waals surface area contributed by atoms with Crippen LogP contribution in [0.2, 0.25) is 0 Å². The van der Waals surface area contributed by atoms with E-state index in [0.29, 0.717) is 41.9 Å². The number of benzene rings is 1. The van der Waals surface area contributed by atoms with Gasteiger partial charge in [-0.1, -0.05) is 18.2 Å². The molecular weight excluding hydrogens is 431 g/mol. The first-order valence-electron chi connectivity index (χ1n) is 10.6. The monoisotopic (exact) mass is 455 g/mol. The molecule has 2 aromatic heterocycles. The first-order valence-corrected chi connectivity index (χ1v) is 10.6. The molecule has 0 spiro atoms. The summed E-state index contributed by atoms with van der Waals surface area (Å²) in [5.74, 6) is 0.543. The Bertz CT molecular complexity index is 1240. The second-order valence-electron chi connectivity index (χ2n) is 8.15. The van der Waals surface area contributed by atoms with Gasteiger partial charge in [-0.15, -0.1) is 0 Å². The van der Waals surface area contributed by atoms with Crippen LogP contribution in [-0.2, 0) is 11.0 Å². The van der Waals surface area contributed by atoms with Gasteiger partial charge in [-0.2, -0.15) is 13.2 Å². The van der Waals surface area contributed by atoms with E-state index in [2.05, 4.69) is 20.3 Å². The molecule has 1 aliphatic heterocycles. The molecule has 1 atom stereocenters. The van der Waals surface area contributed by atoms with Crippen LogP contribution in [0.15, 0.2) is 42.9 Å². The molecule has 172 valence electrons. The molecule has 0 unspecified atom stereocenters. The number of carbonyl (C=O) groups excluding carboxylic acids is 1. The van der Waals surface area contributed by atoms with Crippen LogP contribution in [0.5, 0.6) is 0 Å². The van der Waals surface area contributed by atoms with E-state index in [9.17, 15) is 18.0 Å². The van der Waals surface area contributed by atoms with Crippen molar-refractivity contribution < 1.29 is 18.0 Å². The largest absolute Gasteiger partial charge is 0.416 e. The minimum absolute atomic E-state index is 0.0423. The van der Waals surface area contributed by atoms with Crippen molar-refractivity contribution in [1.29, 1.82) is 0 Å². The van der Waals surface area contributed by atoms with Crippen LogP contribution in [-0.4, -0.2) is 38.8 Å². The average molecular weight is 455 g/mol. The molecule has 0 saturated carbocycles. The topological polar surface area (TPSA) is 71.0 Å². The van der Waals surface area contributed by atoms with Gasteiger partial charge in [0.25, 0.3) is 0 Å². The van der Waals surface area contributed by atoms with Crippen LogP contribution in [0, 0.1) is 6.92 Å². The minimum Gasteiger partial charge on any atom is -0.363 e. The van der Waals surface area contributed by atoms with Gasteiger partial charge in [-0.05, 0) is 54.7 Å². The number of anilines is 1. The summed E-state index contributed by atoms with van der Waals surface area (Å²) in [6.07, 6.45) is 1.44. The number of nitrogens with one attached hydrogen (secondary N) is 1. The first-order chi connectivity index (χ1) is 15.6. The molecule has 0 radical (unpaired) electrons. The third-order valence-corrected chi connectivity index (χ3v) is 6.01. The number of alkyl halides is 3. The van der Waals surface area contributed by atoms with Gasteiger partial charge in [0.1, 0.15) is 12.1 Å². The number of hydrogen-bond donors (Lipinski definition) is 1. The number of carbonyl (C=O) groups is 1. The van der Waals surface area contributed by atoms with Crippen LogP contribution in [0.25, 0.3) is 16.6 Å². The Balaban J connectivity index is 1.65. The van der Waals surface area contributed by atoms with Crippen molar-refractivity contribution in [2.75, 3.05) is 18.4 Å². The molecular formula is C24H24F3N5O. The Morgan fingerprint density at radius 1 is 1.21 bits per heavy atom. The Kier molecular flexibility index (Phi) is 6.05. The van der Waals surface area contributed by atoms with Gasteiger partial charge in [0, 0.05) is 26.2 Å². The maximum atomic E-state index is 13.3. The van der Waals surface area contributed by atoms with Crippen LogP contribution in [0.1, 0.15) is 48.6 Å². The lowest BCUT2D eigenvalue weighted by molar-refractivity contribution is -0.138. The number of amides is 1. The highest BCUT2D eigenvalue weighted by molar-refractivity contribution is 5.89. The molecule has 9 heteroatoms. The fourth-order valence-corrected chi connectivity index (χ4v) is 4.17. The highest BCUT2D eigenvalue weighted by Gasteiger charge is 2.33. The maximum absolute atomic E-state index is 13.3. The SMILES string of the molecule is CC(=O)N1CC=C(c2cnc3ncnc(N[C@H](C)c4cccc(C(F)(F)F)c4C)c3c2)CC1. The second kappa shape index (κ2) is 8.80. The van der Waals surface area contributed by atoms with E-state index in [4.69, 9.17) is 0 Å². The Morgan fingerprint density at radius 2 is 2.00 bits per heavy atom. The zero-order valence-corrected chi connectivity index (χ0v) is 18.6. The Morgan fingerprint density at radius 3 is 2.67 bits per heavy atom. The van der Waals surface area contributed by atoms with E-state index >= 15 is 0 Å². The van der Waals surface area contributed by atoms with E-state index in [1.807, 2.05) is 12.1 Å². The summed E-state index contributed by atoms with van der Waals surface area (Å²) < 4.78 is 40.0. The quantitative estimate of drug-likeness (QED) is 0.588. The number of nitrogens with zero attached hydrogens (tertiary/aromatic N) is 4. The van der Waals surface area contributed by atoms with Crippen molar-refractivity contribution in [3.63, 3.8) is 0 Å². The highest BCUT2D eigenvalue weighted by atomic mass is 19.4. The molecule has 0 saturated heterocycles. The van der Waals surface area contributed by atoms with E-state index in [-0.39, 0.29) is 11.5 Å². The van der Waals surface area contributed by atoms with Crippen molar-refractivity contribution in [1.82, 2.24) is 19.9 Å². The second-order valence-corrected chi connectivity index (χ2v) is 8.15. The van der Waals surface area contributed by atoms with E-state index in [1.165, 1.54) is 19.3 Å². The summed E-state index contributed by atoms with van der Waals surface area (Å²) in [6, 6.07) is 5.70. The predicted molar refractivity (Wildman–Crippen MR) is 120 cm³/mol. The third kappa shape index (κ3) is 4.67. The lowest BCUT2D eigenvalue weighted by atomic mass is 9.97. The number of halogens is 3. The molecule has 0 bridgehead atoms. The molecule has 3 heterocycles. The number of rotatable bonds is 4. The molecule has 0 fully saturated rings. The zero-order valence-electron chi connectivity index (χ0n) is 18.6. The summed E-state index contributed by atoms with van der Waals surface area (Å²) in [5, 5.41) is 3.92. The third-order valence-electron chi connectivity index (χ3n) is 6.01. The normalized spacial score (nSPS) is 15.3. The van der Waals surface area contributed by atoms with Gasteiger partial charge in [0.15, 0.2) is 5.65 Å². The standard InChI is InChI=1S/C24H24F3N5O/c1-14-19(5-4-6-21(14)24(25,26)27)15(2)31-23-20-11-18(12-28-22(20)29-13-30-23)17-7-9-32(10-8-17)16(3)33/h4-7,11-13,15H,8-10H2,1-3H3,(H,28,29,30,31)/t15-/m1/s1. The number of pyridine rings is 1. The lowest BCUT2D eigenvalue weighted by Crippen LogP contribution is -2.32. The summed E-state index contributed by atoms with van der Waals surface area (Å²) in [4.78, 5) is 26.4. The van der Waals surface area contributed by atoms with Crippen LogP contribution >= 0.6 is 0 Å². The van der Waals surface area contributed by atoms with Crippen LogP contribution < -0.4 is 5.32 Å². The minimum atomic E-state index is -4.41. The zero-order chi connectivity index (χ0) is 23.8. The van der Waals surface area contributed by atoms with Gasteiger partial charge in [0.2, 0.25) is 5.91 Å². The summed E-state index contributed by atoms with van der Waals surface area (Å²) in [6.45, 7) is 6.02. The molecule has 1 aromatic carbocycles. The van der Waals surface area contributed by atoms with Gasteiger partial charge < -0.3 is 10.2 Å². The number of fused-ring (bicyclic) bond motifs is 1. The summed E-state index contributed by atoms with van der Waals surface area (Å²) >= 11 is 0. The van der Waals surface area contributed by atoms with Crippen molar-refractivity contribution in [3.05, 3.63) is 65.1 Å². The molecule has 6 nitrogen and oxygen atoms in total. The fourth-order valence-electron chi connectivity index (χ4n) is 4.17. The fraction of sp³-hybridized carbons (Fsp3) is 0.333. The molecule has 33 heavy (non-hydrogen) atoms. The molecule has 0 aliphatic carbocycles. The van der Waals surface area contributed by atoms with E-state index in [1.54, 1.807) is 31.0 Å². The smallest absolute Gasteiger partial charge is 0.363 e. The number of aromatic nitrogens is 3. The van der Waals surface area contributed by atoms with Crippen LogP contribution in [0.4, 0.5) is 19.0 Å². The molecule has 1 aliphatic rings. The van der Waals surface area contributed by atoms with Crippen molar-refractivity contribution in [2.24, 2.45) is 0 Å². The Hall–Kier alpha value is -3.49. The van der Waals surface area contributed by atoms with Gasteiger partial charge in [0.05, 0.1) is 17.0 Å². The van der Waals surface area contributed by atoms with Crippen molar-refractivity contribution in [3.8, 4) is 0 Å². The van der Waals surface area contributed by atoms with E-state index in [0.717, 1.165) is 17.2 Å². The maximum Gasteiger partial charge on any atom is 0.416 e. The van der Waals surface area contributed by atoms with E-state index < -0.39 is 17.8 Å². The summed E-state index contributed by atoms with van der Waals surface area (Å²) in [7, 11) is 0. The van der Waals surface area contributed by atoms with Gasteiger partial charge in [-0.3, -0.25) is 4.79 Å². The van der Waals surface area contributed by atoms with Crippen molar-refractivity contribution in [2.45, 2.75) is 39.4 Å². The predicted octanol–water partition coefficient (Wildman–Crippen LogP) is 5.16. The molecule has 1 amide bonds. The average Bonchev–Trinajstić information content (AvgIpc) is 2.78. The first kappa shape index (κ1) is 22.7. The van der Waals surface area contributed by atoms with Crippen molar-refractivity contribution >= 4 is 28.3 Å². The molecule has 4 rings (SSSR count). The Labute approximate surface area is 189 Å². The molecule has 3 aromatic rings. The van der Waals surface area contributed by atoms with Gasteiger partial charge >= 0.3 is 6.18 Å². The highest BCUT2D eigenvalue weighted by Crippen LogP contribution is 2.35. The number of hydrogen-bond acceptors (Lipinski definition) is 5. The lowest BCUT2D eigenvalue weighted by Gasteiger charge is -2.25.